The van der Waals surface area contributed by atoms with Gasteiger partial charge in [0.2, 0.25) is 29.4 Å². The van der Waals surface area contributed by atoms with E-state index in [4.69, 9.17) is 5.53 Å². The highest BCUT2D eigenvalue weighted by molar-refractivity contribution is 6.25. The van der Waals surface area contributed by atoms with Gasteiger partial charge in [0.15, 0.2) is 0 Å². The van der Waals surface area contributed by atoms with Crippen LogP contribution in [0.4, 0.5) is 0 Å². The van der Waals surface area contributed by atoms with Gasteiger partial charge in [0.05, 0.1) is 0 Å². The Morgan fingerprint density at radius 2 is 1.68 bits per heavy atom. The molecule has 0 aliphatic carbocycles. The van der Waals surface area contributed by atoms with Gasteiger partial charge in [-0.05, 0) is 39.5 Å². The summed E-state index contributed by atoms with van der Waals surface area (Å²) < 4.78 is 0. The molecule has 11 nitrogen and oxygen atoms in total. The highest BCUT2D eigenvalue weighted by Crippen LogP contribution is 2.20. The summed E-state index contributed by atoms with van der Waals surface area (Å²) in [7, 11) is 0. The second-order valence-electron chi connectivity index (χ2n) is 8.02. The Labute approximate surface area is 180 Å². The summed E-state index contributed by atoms with van der Waals surface area (Å²) in [6, 6.07) is -3.19. The average molecular weight is 434 g/mol. The molecule has 4 atom stereocenters. The van der Waals surface area contributed by atoms with Crippen LogP contribution in [0.3, 0.4) is 0 Å². The Morgan fingerprint density at radius 3 is 2.35 bits per heavy atom. The number of rotatable bonds is 7. The zero-order chi connectivity index (χ0) is 23.0. The maximum Gasteiger partial charge on any atom is 0.323 e. The predicted molar refractivity (Wildman–Crippen MR) is 110 cm³/mol. The van der Waals surface area contributed by atoms with Gasteiger partial charge >= 0.3 is 6.21 Å². The van der Waals surface area contributed by atoms with Crippen LogP contribution in [-0.4, -0.2) is 76.0 Å². The van der Waals surface area contributed by atoms with E-state index in [1.165, 1.54) is 18.7 Å². The first-order valence-corrected chi connectivity index (χ1v) is 10.7. The normalized spacial score (nSPS) is 27.1. The number of nitrogens with one attached hydrogen (secondary N) is 3. The van der Waals surface area contributed by atoms with E-state index >= 15 is 0 Å². The fourth-order valence-electron chi connectivity index (χ4n) is 3.79. The van der Waals surface area contributed by atoms with Gasteiger partial charge in [-0.25, -0.2) is 0 Å². The molecule has 0 aromatic heterocycles. The third-order valence-electron chi connectivity index (χ3n) is 5.57. The van der Waals surface area contributed by atoms with Crippen LogP contribution in [0.25, 0.3) is 5.53 Å². The number of ketones is 1. The largest absolute Gasteiger partial charge is 0.361 e. The molecule has 2 heterocycles. The van der Waals surface area contributed by atoms with E-state index in [1.807, 2.05) is 0 Å². The molecule has 31 heavy (non-hydrogen) atoms. The van der Waals surface area contributed by atoms with Crippen molar-refractivity contribution in [2.45, 2.75) is 83.0 Å². The highest BCUT2D eigenvalue weighted by Gasteiger charge is 2.39. The van der Waals surface area contributed by atoms with Crippen LogP contribution in [0, 0.1) is 0 Å². The van der Waals surface area contributed by atoms with Crippen molar-refractivity contribution >= 4 is 35.6 Å². The SMILES string of the molecule is C[C@@H]1NC(=O)[C@H](C)NC(=O)[C@@H]2CCCN2C(=O)[C@H](CCCCCC(=O)C=[N+]=[N-])NC1=O. The van der Waals surface area contributed by atoms with Gasteiger partial charge < -0.3 is 26.4 Å². The van der Waals surface area contributed by atoms with E-state index in [2.05, 4.69) is 20.7 Å². The van der Waals surface area contributed by atoms with Crippen molar-refractivity contribution < 1.29 is 28.8 Å². The molecule has 0 aromatic rings. The summed E-state index contributed by atoms with van der Waals surface area (Å²) in [4.78, 5) is 66.2. The van der Waals surface area contributed by atoms with Crippen molar-refractivity contribution in [3.8, 4) is 0 Å². The molecule has 170 valence electrons. The molecule has 0 aromatic carbocycles. The predicted octanol–water partition coefficient (Wildman–Crippen LogP) is -0.695. The topological polar surface area (TPSA) is 161 Å². The number of fused-ring (bicyclic) bond motifs is 1. The van der Waals surface area contributed by atoms with Crippen LogP contribution in [0.5, 0.6) is 0 Å². The van der Waals surface area contributed by atoms with Crippen LogP contribution >= 0.6 is 0 Å². The third-order valence-corrected chi connectivity index (χ3v) is 5.57. The Balaban J connectivity index is 2.09. The summed E-state index contributed by atoms with van der Waals surface area (Å²) in [6.45, 7) is 3.46. The maximum atomic E-state index is 13.2. The molecule has 0 saturated carbocycles. The van der Waals surface area contributed by atoms with Gasteiger partial charge in [-0.3, -0.25) is 24.0 Å². The zero-order valence-electron chi connectivity index (χ0n) is 17.9. The van der Waals surface area contributed by atoms with Crippen molar-refractivity contribution in [2.24, 2.45) is 0 Å². The van der Waals surface area contributed by atoms with E-state index in [0.717, 1.165) is 6.21 Å². The third kappa shape index (κ3) is 6.71. The summed E-state index contributed by atoms with van der Waals surface area (Å²) in [6.07, 6.45) is 4.35. The fraction of sp³-hybridized carbons (Fsp3) is 0.700. The molecule has 2 rings (SSSR count). The van der Waals surface area contributed by atoms with E-state index in [0.29, 0.717) is 45.1 Å². The monoisotopic (exact) mass is 434 g/mol. The molecule has 0 radical (unpaired) electrons. The molecule has 2 aliphatic rings. The zero-order valence-corrected chi connectivity index (χ0v) is 17.9. The Kier molecular flexibility index (Phi) is 8.87. The summed E-state index contributed by atoms with van der Waals surface area (Å²) in [5, 5.41) is 7.91. The molecular formula is C20H30N6O5. The molecule has 2 saturated heterocycles. The Bertz CT molecular complexity index is 778. The minimum absolute atomic E-state index is 0.227. The van der Waals surface area contributed by atoms with Gasteiger partial charge in [0.25, 0.3) is 0 Å². The van der Waals surface area contributed by atoms with Gasteiger partial charge in [-0.2, -0.15) is 4.79 Å². The highest BCUT2D eigenvalue weighted by atomic mass is 16.2. The number of carbonyl (C=O) groups is 5. The van der Waals surface area contributed by atoms with E-state index in [-0.39, 0.29) is 24.0 Å². The van der Waals surface area contributed by atoms with Gasteiger partial charge in [-0.15, -0.1) is 0 Å². The lowest BCUT2D eigenvalue weighted by molar-refractivity contribution is -0.143. The van der Waals surface area contributed by atoms with Crippen LogP contribution in [-0.2, 0) is 24.0 Å². The van der Waals surface area contributed by atoms with Crippen LogP contribution in [0.2, 0.25) is 0 Å². The second kappa shape index (κ2) is 11.4. The fourth-order valence-corrected chi connectivity index (χ4v) is 3.79. The van der Waals surface area contributed by atoms with Crippen LogP contribution < -0.4 is 16.0 Å². The lowest BCUT2D eigenvalue weighted by Gasteiger charge is -2.31. The average Bonchev–Trinajstić information content (AvgIpc) is 3.21. The summed E-state index contributed by atoms with van der Waals surface area (Å²) in [5.41, 5.74) is 8.35. The number of amides is 4. The summed E-state index contributed by atoms with van der Waals surface area (Å²) >= 11 is 0. The quantitative estimate of drug-likeness (QED) is 0.209. The lowest BCUT2D eigenvalue weighted by Crippen LogP contribution is -2.60. The van der Waals surface area contributed by atoms with Crippen LogP contribution in [0.15, 0.2) is 0 Å². The Hall–Kier alpha value is -3.07. The second-order valence-corrected chi connectivity index (χ2v) is 8.02. The van der Waals surface area contributed by atoms with Gasteiger partial charge in [-0.1, -0.05) is 12.8 Å². The molecular weight excluding hydrogens is 404 g/mol. The first-order chi connectivity index (χ1) is 14.7. The minimum Gasteiger partial charge on any atom is -0.361 e. The van der Waals surface area contributed by atoms with Crippen molar-refractivity contribution in [3.05, 3.63) is 5.53 Å². The number of hydrogen-bond acceptors (Lipinski definition) is 5. The van der Waals surface area contributed by atoms with E-state index in [1.54, 1.807) is 0 Å². The van der Waals surface area contributed by atoms with E-state index < -0.39 is 36.0 Å². The number of nitrogens with zero attached hydrogens (tertiary/aromatic N) is 3. The lowest BCUT2D eigenvalue weighted by atomic mass is 10.0. The standard InChI is InChI=1S/C20H30N6O5/c1-12-17(28)23-13(2)18(29)25-15(8-5-3-4-7-14(27)11-22-21)20(31)26-10-6-9-16(26)19(30)24-12/h11-13,15-16H,3-10H2,1-2H3,(H,23,28)(H,24,30)(H,25,29)/t12-,13-,15-,16-/m0/s1. The van der Waals surface area contributed by atoms with Crippen molar-refractivity contribution in [1.29, 1.82) is 0 Å². The molecule has 2 aliphatic heterocycles. The molecule has 3 N–H and O–H groups in total. The first kappa shape index (κ1) is 24.2. The molecule has 0 bridgehead atoms. The minimum atomic E-state index is -0.869. The first-order valence-electron chi connectivity index (χ1n) is 10.7. The molecule has 0 unspecified atom stereocenters. The number of Topliss-reactive ketones (excluding diaryl/α,β-unsaturated/α-hetero) is 1. The number of carbonyl (C=O) groups excluding carboxylic acids is 5. The van der Waals surface area contributed by atoms with E-state index in [9.17, 15) is 24.0 Å². The van der Waals surface area contributed by atoms with Crippen molar-refractivity contribution in [2.75, 3.05) is 6.54 Å². The van der Waals surface area contributed by atoms with Crippen LogP contribution in [0.1, 0.15) is 58.8 Å². The molecule has 0 spiro atoms. The van der Waals surface area contributed by atoms with Crippen molar-refractivity contribution in [3.63, 3.8) is 0 Å². The summed E-state index contributed by atoms with van der Waals surface area (Å²) in [5.74, 6) is -1.93. The maximum absolute atomic E-state index is 13.2. The van der Waals surface area contributed by atoms with Crippen molar-refractivity contribution in [1.82, 2.24) is 20.9 Å². The number of unbranched alkanes of at least 4 members (excludes halogenated alkanes) is 2. The van der Waals surface area contributed by atoms with Gasteiger partial charge in [0.1, 0.15) is 24.2 Å². The molecule has 4 amide bonds. The van der Waals surface area contributed by atoms with Gasteiger partial charge in [0, 0.05) is 13.0 Å². The molecule has 11 heteroatoms. The molecule has 2 fully saturated rings. The Morgan fingerprint density at radius 1 is 1.03 bits per heavy atom. The smallest absolute Gasteiger partial charge is 0.323 e. The number of hydrogen-bond donors (Lipinski definition) is 3.